The molecule has 1 saturated heterocycles. The van der Waals surface area contributed by atoms with Crippen molar-refractivity contribution in [2.24, 2.45) is 0 Å². The van der Waals surface area contributed by atoms with E-state index < -0.39 is 9.84 Å². The second kappa shape index (κ2) is 6.13. The smallest absolute Gasteiger partial charge is 0.234 e. The van der Waals surface area contributed by atoms with Crippen molar-refractivity contribution in [3.63, 3.8) is 0 Å². The first-order valence-corrected chi connectivity index (χ1v) is 9.63. The Balaban J connectivity index is 1.59. The normalized spacial score (nSPS) is 23.1. The van der Waals surface area contributed by atoms with Crippen molar-refractivity contribution < 1.29 is 17.9 Å². The van der Waals surface area contributed by atoms with Gasteiger partial charge in [-0.25, -0.2) is 8.42 Å². The Morgan fingerprint density at radius 2 is 2.00 bits per heavy atom. The van der Waals surface area contributed by atoms with Crippen molar-refractivity contribution in [1.82, 2.24) is 10.2 Å². The van der Waals surface area contributed by atoms with Gasteiger partial charge in [-0.1, -0.05) is 12.1 Å². The Hall–Kier alpha value is -1.60. The summed E-state index contributed by atoms with van der Waals surface area (Å²) in [6.45, 7) is 5.57. The van der Waals surface area contributed by atoms with Crippen molar-refractivity contribution >= 4 is 15.7 Å². The summed E-state index contributed by atoms with van der Waals surface area (Å²) >= 11 is 0. The molecule has 1 aromatic carbocycles. The molecule has 0 saturated carbocycles. The van der Waals surface area contributed by atoms with Gasteiger partial charge < -0.3 is 10.1 Å². The quantitative estimate of drug-likeness (QED) is 0.873. The molecule has 1 fully saturated rings. The lowest BCUT2D eigenvalue weighted by Gasteiger charge is -2.26. The molecule has 1 amide bonds. The van der Waals surface area contributed by atoms with Crippen molar-refractivity contribution in [3.8, 4) is 5.75 Å². The first-order valence-electron chi connectivity index (χ1n) is 7.81. The molecule has 2 heterocycles. The number of aryl methyl sites for hydroxylation is 1. The zero-order chi connectivity index (χ0) is 16.6. The Kier molecular flexibility index (Phi) is 4.33. The number of carbonyl (C=O) groups is 1. The molecule has 0 spiro atoms. The number of hydrogen-bond donors (Lipinski definition) is 1. The molecule has 23 heavy (non-hydrogen) atoms. The van der Waals surface area contributed by atoms with Crippen LogP contribution in [-0.4, -0.2) is 57.0 Å². The van der Waals surface area contributed by atoms with Crippen molar-refractivity contribution in [1.29, 1.82) is 0 Å². The Bertz CT molecular complexity index is 716. The molecule has 1 N–H and O–H groups in total. The molecule has 1 aromatic rings. The molecule has 3 rings (SSSR count). The highest BCUT2D eigenvalue weighted by Crippen LogP contribution is 2.36. The second-order valence-electron chi connectivity index (χ2n) is 6.28. The zero-order valence-electron chi connectivity index (χ0n) is 13.5. The molecule has 6 nitrogen and oxygen atoms in total. The van der Waals surface area contributed by atoms with Crippen LogP contribution in [-0.2, 0) is 14.6 Å². The van der Waals surface area contributed by atoms with Gasteiger partial charge in [-0.3, -0.25) is 9.69 Å². The highest BCUT2D eigenvalue weighted by Gasteiger charge is 2.29. The van der Waals surface area contributed by atoms with Gasteiger partial charge >= 0.3 is 0 Å². The summed E-state index contributed by atoms with van der Waals surface area (Å²) in [6.07, 6.45) is 0. The standard InChI is InChI=1S/C16H22N2O4S/c1-11-3-4-13-14(10-22-16(13)12(11)2)17-15(19)9-18-5-7-23(20,21)8-6-18/h3-4,14H,5-10H2,1-2H3,(H,17,19). The predicted molar refractivity (Wildman–Crippen MR) is 87.4 cm³/mol. The molecule has 0 bridgehead atoms. The fraction of sp³-hybridized carbons (Fsp3) is 0.562. The highest BCUT2D eigenvalue weighted by atomic mass is 32.2. The van der Waals surface area contributed by atoms with Crippen LogP contribution in [0.15, 0.2) is 12.1 Å². The maximum Gasteiger partial charge on any atom is 0.234 e. The number of sulfone groups is 1. The van der Waals surface area contributed by atoms with E-state index in [0.29, 0.717) is 19.7 Å². The minimum atomic E-state index is -2.92. The molecule has 0 radical (unpaired) electrons. The van der Waals surface area contributed by atoms with Crippen LogP contribution in [0.5, 0.6) is 5.75 Å². The SMILES string of the molecule is Cc1ccc2c(c1C)OCC2NC(=O)CN1CCS(=O)(=O)CC1. The lowest BCUT2D eigenvalue weighted by atomic mass is 10.0. The minimum Gasteiger partial charge on any atom is -0.490 e. The van der Waals surface area contributed by atoms with E-state index in [4.69, 9.17) is 4.74 Å². The summed E-state index contributed by atoms with van der Waals surface area (Å²) in [5, 5.41) is 2.99. The molecule has 0 aliphatic carbocycles. The Morgan fingerprint density at radius 1 is 1.30 bits per heavy atom. The summed E-state index contributed by atoms with van der Waals surface area (Å²) in [5.41, 5.74) is 3.30. The highest BCUT2D eigenvalue weighted by molar-refractivity contribution is 7.91. The van der Waals surface area contributed by atoms with E-state index in [2.05, 4.69) is 5.32 Å². The lowest BCUT2D eigenvalue weighted by Crippen LogP contribution is -2.46. The van der Waals surface area contributed by atoms with E-state index in [0.717, 1.165) is 16.9 Å². The average molecular weight is 338 g/mol. The topological polar surface area (TPSA) is 75.7 Å². The number of nitrogens with one attached hydrogen (secondary N) is 1. The third-order valence-corrected chi connectivity index (χ3v) is 6.23. The monoisotopic (exact) mass is 338 g/mol. The van der Waals surface area contributed by atoms with Gasteiger partial charge in [-0.2, -0.15) is 0 Å². The lowest BCUT2D eigenvalue weighted by molar-refractivity contribution is -0.123. The number of fused-ring (bicyclic) bond motifs is 1. The van der Waals surface area contributed by atoms with Gasteiger partial charge in [0.1, 0.15) is 12.4 Å². The third-order valence-electron chi connectivity index (χ3n) is 4.62. The predicted octanol–water partition coefficient (Wildman–Crippen LogP) is 0.584. The summed E-state index contributed by atoms with van der Waals surface area (Å²) in [4.78, 5) is 14.1. The van der Waals surface area contributed by atoms with Crippen LogP contribution < -0.4 is 10.1 Å². The first kappa shape index (κ1) is 16.3. The zero-order valence-corrected chi connectivity index (χ0v) is 14.3. The number of benzene rings is 1. The maximum absolute atomic E-state index is 12.2. The van der Waals surface area contributed by atoms with Crippen LogP contribution in [0.3, 0.4) is 0 Å². The average Bonchev–Trinajstić information content (AvgIpc) is 2.89. The van der Waals surface area contributed by atoms with Crippen LogP contribution in [0.25, 0.3) is 0 Å². The number of nitrogens with zero attached hydrogens (tertiary/aromatic N) is 1. The Labute approximate surface area is 136 Å². The fourth-order valence-electron chi connectivity index (χ4n) is 3.00. The molecule has 0 aromatic heterocycles. The van der Waals surface area contributed by atoms with Gasteiger partial charge in [0.15, 0.2) is 9.84 Å². The van der Waals surface area contributed by atoms with E-state index in [-0.39, 0.29) is 30.0 Å². The Morgan fingerprint density at radius 3 is 2.70 bits per heavy atom. The van der Waals surface area contributed by atoms with Gasteiger partial charge in [0.05, 0.1) is 24.1 Å². The van der Waals surface area contributed by atoms with Crippen molar-refractivity contribution in [2.45, 2.75) is 19.9 Å². The number of amides is 1. The van der Waals surface area contributed by atoms with Crippen LogP contribution in [0, 0.1) is 13.8 Å². The number of hydrogen-bond acceptors (Lipinski definition) is 5. The van der Waals surface area contributed by atoms with Gasteiger partial charge in [0.25, 0.3) is 0 Å². The molecule has 7 heteroatoms. The van der Waals surface area contributed by atoms with Crippen LogP contribution >= 0.6 is 0 Å². The van der Waals surface area contributed by atoms with Gasteiger partial charge in [0.2, 0.25) is 5.91 Å². The number of ether oxygens (including phenoxy) is 1. The molecule has 126 valence electrons. The molecular weight excluding hydrogens is 316 g/mol. The third kappa shape index (κ3) is 3.50. The maximum atomic E-state index is 12.2. The van der Waals surface area contributed by atoms with E-state index >= 15 is 0 Å². The summed E-state index contributed by atoms with van der Waals surface area (Å²) in [5.74, 6) is 1.05. The number of rotatable bonds is 3. The molecule has 1 unspecified atom stereocenters. The minimum absolute atomic E-state index is 0.0935. The van der Waals surface area contributed by atoms with Gasteiger partial charge in [-0.15, -0.1) is 0 Å². The van der Waals surface area contributed by atoms with Crippen LogP contribution in [0.4, 0.5) is 0 Å². The van der Waals surface area contributed by atoms with Crippen LogP contribution in [0.1, 0.15) is 22.7 Å². The first-order chi connectivity index (χ1) is 10.9. The molecule has 1 atom stereocenters. The van der Waals surface area contributed by atoms with E-state index in [1.807, 2.05) is 30.9 Å². The van der Waals surface area contributed by atoms with Crippen molar-refractivity contribution in [2.75, 3.05) is 37.7 Å². The second-order valence-corrected chi connectivity index (χ2v) is 8.59. The molecule has 2 aliphatic heterocycles. The van der Waals surface area contributed by atoms with E-state index in [9.17, 15) is 13.2 Å². The van der Waals surface area contributed by atoms with Gasteiger partial charge in [0, 0.05) is 18.7 Å². The summed E-state index contributed by atoms with van der Waals surface area (Å²) in [6, 6.07) is 3.91. The fourth-order valence-corrected chi connectivity index (χ4v) is 4.28. The molecular formula is C16H22N2O4S. The molecule has 2 aliphatic rings. The van der Waals surface area contributed by atoms with Crippen LogP contribution in [0.2, 0.25) is 0 Å². The summed E-state index contributed by atoms with van der Waals surface area (Å²) in [7, 11) is -2.92. The van der Waals surface area contributed by atoms with Gasteiger partial charge in [-0.05, 0) is 25.0 Å². The largest absolute Gasteiger partial charge is 0.490 e. The summed E-state index contributed by atoms with van der Waals surface area (Å²) < 4.78 is 28.6. The van der Waals surface area contributed by atoms with E-state index in [1.54, 1.807) is 0 Å². The number of carbonyl (C=O) groups excluding carboxylic acids is 1. The van der Waals surface area contributed by atoms with E-state index in [1.165, 1.54) is 5.56 Å². The van der Waals surface area contributed by atoms with Crippen molar-refractivity contribution in [3.05, 3.63) is 28.8 Å².